The van der Waals surface area contributed by atoms with Gasteiger partial charge in [0.25, 0.3) is 0 Å². The molecule has 18 heavy (non-hydrogen) atoms. The lowest BCUT2D eigenvalue weighted by Gasteiger charge is -2.03. The molecular formula is C15H19NO2. The van der Waals surface area contributed by atoms with Crippen molar-refractivity contribution in [3.05, 3.63) is 41.2 Å². The summed E-state index contributed by atoms with van der Waals surface area (Å²) in [5.41, 5.74) is 1.93. The molecule has 0 saturated heterocycles. The van der Waals surface area contributed by atoms with Gasteiger partial charge in [-0.3, -0.25) is 4.79 Å². The van der Waals surface area contributed by atoms with Crippen LogP contribution in [-0.2, 0) is 16.0 Å². The summed E-state index contributed by atoms with van der Waals surface area (Å²) in [5.74, 6) is -0.0982. The Bertz CT molecular complexity index is 403. The predicted molar refractivity (Wildman–Crippen MR) is 71.5 cm³/mol. The molecular weight excluding hydrogens is 226 g/mol. The van der Waals surface area contributed by atoms with E-state index in [1.54, 1.807) is 0 Å². The van der Waals surface area contributed by atoms with Crippen molar-refractivity contribution in [2.75, 3.05) is 6.61 Å². The van der Waals surface area contributed by atoms with Crippen molar-refractivity contribution >= 4 is 11.7 Å². The molecule has 0 aromatic heterocycles. The van der Waals surface area contributed by atoms with Crippen molar-refractivity contribution in [1.29, 1.82) is 0 Å². The highest BCUT2D eigenvalue weighted by Gasteiger charge is 2.01. The zero-order valence-electron chi connectivity index (χ0n) is 10.8. The van der Waals surface area contributed by atoms with E-state index in [-0.39, 0.29) is 5.97 Å². The van der Waals surface area contributed by atoms with E-state index in [4.69, 9.17) is 11.3 Å². The number of esters is 1. The van der Waals surface area contributed by atoms with Gasteiger partial charge >= 0.3 is 5.97 Å². The average Bonchev–Trinajstić information content (AvgIpc) is 2.39. The topological polar surface area (TPSA) is 30.7 Å². The molecule has 96 valence electrons. The van der Waals surface area contributed by atoms with Crippen LogP contribution in [0.1, 0.15) is 38.2 Å². The van der Waals surface area contributed by atoms with Crippen LogP contribution in [0.25, 0.3) is 4.85 Å². The van der Waals surface area contributed by atoms with E-state index in [0.717, 1.165) is 25.7 Å². The van der Waals surface area contributed by atoms with Crippen molar-refractivity contribution in [1.82, 2.24) is 0 Å². The Hall–Kier alpha value is -1.82. The number of unbranched alkanes of at least 4 members (excludes halogenated alkanes) is 2. The summed E-state index contributed by atoms with van der Waals surface area (Å²) >= 11 is 0. The van der Waals surface area contributed by atoms with Gasteiger partial charge in [0.15, 0.2) is 5.69 Å². The van der Waals surface area contributed by atoms with Crippen LogP contribution in [-0.4, -0.2) is 12.6 Å². The first-order chi connectivity index (χ1) is 8.76. The smallest absolute Gasteiger partial charge is 0.305 e. The third kappa shape index (κ3) is 5.49. The van der Waals surface area contributed by atoms with Gasteiger partial charge in [-0.2, -0.15) is 0 Å². The van der Waals surface area contributed by atoms with Crippen molar-refractivity contribution in [2.45, 2.75) is 39.0 Å². The molecule has 0 heterocycles. The third-order valence-electron chi connectivity index (χ3n) is 2.72. The third-order valence-corrected chi connectivity index (χ3v) is 2.72. The Kier molecular flexibility index (Phi) is 6.56. The molecule has 0 bridgehead atoms. The Balaban J connectivity index is 2.14. The molecule has 0 aliphatic carbocycles. The van der Waals surface area contributed by atoms with E-state index >= 15 is 0 Å². The second-order valence-corrected chi connectivity index (χ2v) is 4.14. The number of nitrogens with zero attached hydrogens (tertiary/aromatic N) is 1. The quantitative estimate of drug-likeness (QED) is 0.414. The van der Waals surface area contributed by atoms with Crippen molar-refractivity contribution in [3.63, 3.8) is 0 Å². The second kappa shape index (κ2) is 8.30. The van der Waals surface area contributed by atoms with Gasteiger partial charge in [0, 0.05) is 6.42 Å². The summed E-state index contributed by atoms with van der Waals surface area (Å²) in [6.45, 7) is 9.15. The van der Waals surface area contributed by atoms with Gasteiger partial charge in [0.2, 0.25) is 0 Å². The molecule has 1 rings (SSSR count). The Morgan fingerprint density at radius 2 is 1.94 bits per heavy atom. The van der Waals surface area contributed by atoms with Crippen molar-refractivity contribution in [3.8, 4) is 0 Å². The molecule has 0 aliphatic heterocycles. The molecule has 0 spiro atoms. The van der Waals surface area contributed by atoms with E-state index in [2.05, 4.69) is 4.85 Å². The average molecular weight is 245 g/mol. The molecule has 0 amide bonds. The number of hydrogen-bond donors (Lipinski definition) is 0. The van der Waals surface area contributed by atoms with Crippen LogP contribution in [0.15, 0.2) is 24.3 Å². The molecule has 3 heteroatoms. The molecule has 0 radical (unpaired) electrons. The zero-order chi connectivity index (χ0) is 13.2. The molecule has 1 aromatic carbocycles. The van der Waals surface area contributed by atoms with Gasteiger partial charge in [0.05, 0.1) is 13.2 Å². The number of ether oxygens (including phenoxy) is 1. The Labute approximate surface area is 109 Å². The second-order valence-electron chi connectivity index (χ2n) is 4.14. The number of carbonyl (C=O) groups is 1. The van der Waals surface area contributed by atoms with E-state index < -0.39 is 0 Å². The van der Waals surface area contributed by atoms with E-state index in [1.807, 2.05) is 31.2 Å². The molecule has 3 nitrogen and oxygen atoms in total. The number of carbonyl (C=O) groups excluding carboxylic acids is 1. The maximum atomic E-state index is 11.1. The van der Waals surface area contributed by atoms with Crippen LogP contribution in [0.3, 0.4) is 0 Å². The van der Waals surface area contributed by atoms with Crippen molar-refractivity contribution in [2.24, 2.45) is 0 Å². The summed E-state index contributed by atoms with van der Waals surface area (Å²) in [4.78, 5) is 14.5. The summed E-state index contributed by atoms with van der Waals surface area (Å²) < 4.78 is 4.87. The highest BCUT2D eigenvalue weighted by Crippen LogP contribution is 2.14. The van der Waals surface area contributed by atoms with Crippen LogP contribution >= 0.6 is 0 Å². The fourth-order valence-electron chi connectivity index (χ4n) is 1.75. The number of hydrogen-bond acceptors (Lipinski definition) is 2. The minimum Gasteiger partial charge on any atom is -0.466 e. The van der Waals surface area contributed by atoms with Crippen molar-refractivity contribution < 1.29 is 9.53 Å². The molecule has 0 atom stereocenters. The molecule has 0 N–H and O–H groups in total. The molecule has 0 aliphatic rings. The first-order valence-electron chi connectivity index (χ1n) is 6.38. The number of benzene rings is 1. The van der Waals surface area contributed by atoms with Gasteiger partial charge in [-0.1, -0.05) is 36.2 Å². The Morgan fingerprint density at radius 3 is 2.56 bits per heavy atom. The largest absolute Gasteiger partial charge is 0.466 e. The number of rotatable bonds is 7. The lowest BCUT2D eigenvalue weighted by Crippen LogP contribution is -2.03. The molecule has 1 aromatic rings. The highest BCUT2D eigenvalue weighted by atomic mass is 16.5. The first-order valence-corrected chi connectivity index (χ1v) is 6.38. The number of aryl methyl sites for hydroxylation is 1. The zero-order valence-corrected chi connectivity index (χ0v) is 10.8. The summed E-state index contributed by atoms with van der Waals surface area (Å²) in [5, 5.41) is 0. The fraction of sp³-hybridized carbons (Fsp3) is 0.467. The minimum atomic E-state index is -0.0982. The van der Waals surface area contributed by atoms with Gasteiger partial charge in [-0.15, -0.1) is 0 Å². The highest BCUT2D eigenvalue weighted by molar-refractivity contribution is 5.69. The Morgan fingerprint density at radius 1 is 1.22 bits per heavy atom. The minimum absolute atomic E-state index is 0.0982. The fourth-order valence-corrected chi connectivity index (χ4v) is 1.75. The first kappa shape index (κ1) is 14.2. The van der Waals surface area contributed by atoms with Crippen LogP contribution in [0.5, 0.6) is 0 Å². The van der Waals surface area contributed by atoms with Crippen LogP contribution in [0, 0.1) is 6.57 Å². The van der Waals surface area contributed by atoms with Gasteiger partial charge in [-0.25, -0.2) is 4.85 Å². The molecule has 0 unspecified atom stereocenters. The summed E-state index contributed by atoms with van der Waals surface area (Å²) in [7, 11) is 0. The van der Waals surface area contributed by atoms with Gasteiger partial charge < -0.3 is 4.74 Å². The summed E-state index contributed by atoms with van der Waals surface area (Å²) in [6.07, 6.45) is 4.50. The van der Waals surface area contributed by atoms with Crippen LogP contribution in [0.4, 0.5) is 5.69 Å². The maximum Gasteiger partial charge on any atom is 0.305 e. The summed E-state index contributed by atoms with van der Waals surface area (Å²) in [6, 6.07) is 7.69. The monoisotopic (exact) mass is 245 g/mol. The van der Waals surface area contributed by atoms with E-state index in [9.17, 15) is 4.79 Å². The maximum absolute atomic E-state index is 11.1. The van der Waals surface area contributed by atoms with Crippen LogP contribution < -0.4 is 0 Å². The van der Waals surface area contributed by atoms with Gasteiger partial charge in [0.1, 0.15) is 0 Å². The SMILES string of the molecule is [C-]#[N+]c1ccc(CCCCCC(=O)OCC)cc1. The molecule has 0 fully saturated rings. The lowest BCUT2D eigenvalue weighted by molar-refractivity contribution is -0.143. The van der Waals surface area contributed by atoms with E-state index in [0.29, 0.717) is 18.7 Å². The predicted octanol–water partition coefficient (Wildman–Crippen LogP) is 3.90. The molecule has 0 saturated carbocycles. The van der Waals surface area contributed by atoms with Crippen LogP contribution in [0.2, 0.25) is 0 Å². The lowest BCUT2D eigenvalue weighted by atomic mass is 10.1. The standard InChI is InChI=1S/C15H19NO2/c1-3-18-15(17)8-6-4-5-7-13-9-11-14(16-2)12-10-13/h9-12H,3-8H2,1H3. The van der Waals surface area contributed by atoms with Gasteiger partial charge in [-0.05, 0) is 26.2 Å². The normalized spacial score (nSPS) is 9.78. The van der Waals surface area contributed by atoms with E-state index in [1.165, 1.54) is 5.56 Å².